The van der Waals surface area contributed by atoms with Crippen LogP contribution < -0.4 is 5.32 Å². The molecule has 0 aromatic heterocycles. The summed E-state index contributed by atoms with van der Waals surface area (Å²) in [5.74, 6) is 0.720. The van der Waals surface area contributed by atoms with Crippen LogP contribution in [-0.4, -0.2) is 13.1 Å². The predicted octanol–water partition coefficient (Wildman–Crippen LogP) is 5.04. The third-order valence-corrected chi connectivity index (χ3v) is 4.23. The van der Waals surface area contributed by atoms with Crippen molar-refractivity contribution in [2.75, 3.05) is 13.1 Å². The first-order chi connectivity index (χ1) is 8.92. The molecule has 108 valence electrons. The van der Waals surface area contributed by atoms with E-state index in [0.717, 1.165) is 25.4 Å². The van der Waals surface area contributed by atoms with Gasteiger partial charge in [-0.3, -0.25) is 0 Å². The Balaban J connectivity index is 2.61. The molecule has 0 bridgehead atoms. The first kappa shape index (κ1) is 16.7. The van der Waals surface area contributed by atoms with Crippen molar-refractivity contribution in [1.29, 1.82) is 0 Å². The first-order valence-corrected chi connectivity index (χ1v) is 8.16. The standard InChI is InChI=1S/C17H28BrN/c1-5-19-13-14(10-11-17(2,3)4)12-15-8-6-7-9-16(15)18/h6-9,14,19H,5,10-13H2,1-4H3. The first-order valence-electron chi connectivity index (χ1n) is 7.36. The third-order valence-electron chi connectivity index (χ3n) is 3.45. The van der Waals surface area contributed by atoms with Gasteiger partial charge in [-0.05, 0) is 55.3 Å². The second-order valence-electron chi connectivity index (χ2n) is 6.57. The lowest BCUT2D eigenvalue weighted by Crippen LogP contribution is -2.25. The molecule has 1 atom stereocenters. The molecule has 19 heavy (non-hydrogen) atoms. The second kappa shape index (κ2) is 8.06. The van der Waals surface area contributed by atoms with Crippen LogP contribution in [-0.2, 0) is 6.42 Å². The highest BCUT2D eigenvalue weighted by molar-refractivity contribution is 9.10. The molecule has 2 heteroatoms. The van der Waals surface area contributed by atoms with Crippen molar-refractivity contribution in [2.45, 2.75) is 47.0 Å². The van der Waals surface area contributed by atoms with Crippen molar-refractivity contribution in [3.63, 3.8) is 0 Å². The van der Waals surface area contributed by atoms with E-state index in [1.807, 2.05) is 0 Å². The summed E-state index contributed by atoms with van der Waals surface area (Å²) in [6, 6.07) is 8.60. The molecule has 0 fully saturated rings. The highest BCUT2D eigenvalue weighted by Crippen LogP contribution is 2.27. The Morgan fingerprint density at radius 1 is 1.21 bits per heavy atom. The maximum absolute atomic E-state index is 3.66. The molecule has 0 radical (unpaired) electrons. The Kier molecular flexibility index (Phi) is 7.09. The number of hydrogen-bond acceptors (Lipinski definition) is 1. The molecule has 1 nitrogen and oxygen atoms in total. The van der Waals surface area contributed by atoms with E-state index < -0.39 is 0 Å². The van der Waals surface area contributed by atoms with Crippen LogP contribution >= 0.6 is 15.9 Å². The maximum Gasteiger partial charge on any atom is 0.0207 e. The molecule has 1 N–H and O–H groups in total. The summed E-state index contributed by atoms with van der Waals surface area (Å²) in [6.45, 7) is 11.3. The van der Waals surface area contributed by atoms with Gasteiger partial charge in [0, 0.05) is 4.47 Å². The van der Waals surface area contributed by atoms with Gasteiger partial charge in [0.05, 0.1) is 0 Å². The summed E-state index contributed by atoms with van der Waals surface area (Å²) in [5, 5.41) is 3.51. The van der Waals surface area contributed by atoms with Crippen molar-refractivity contribution < 1.29 is 0 Å². The molecule has 1 unspecified atom stereocenters. The number of hydrogen-bond donors (Lipinski definition) is 1. The average molecular weight is 326 g/mol. The number of rotatable bonds is 7. The molecule has 0 aliphatic heterocycles. The molecule has 1 aromatic rings. The Morgan fingerprint density at radius 3 is 2.47 bits per heavy atom. The SMILES string of the molecule is CCNCC(CCC(C)(C)C)Cc1ccccc1Br. The minimum atomic E-state index is 0.429. The fraction of sp³-hybridized carbons (Fsp3) is 0.647. The smallest absolute Gasteiger partial charge is 0.0207 e. The zero-order valence-electron chi connectivity index (χ0n) is 12.8. The summed E-state index contributed by atoms with van der Waals surface area (Å²) in [6.07, 6.45) is 3.73. The van der Waals surface area contributed by atoms with Gasteiger partial charge in [0.25, 0.3) is 0 Å². The van der Waals surface area contributed by atoms with E-state index in [2.05, 4.69) is 73.2 Å². The van der Waals surface area contributed by atoms with Gasteiger partial charge in [-0.25, -0.2) is 0 Å². The topological polar surface area (TPSA) is 12.0 Å². The summed E-state index contributed by atoms with van der Waals surface area (Å²) >= 11 is 3.66. The maximum atomic E-state index is 3.66. The third kappa shape index (κ3) is 7.12. The van der Waals surface area contributed by atoms with Crippen LogP contribution in [0, 0.1) is 11.3 Å². The summed E-state index contributed by atoms with van der Waals surface area (Å²) in [4.78, 5) is 0. The summed E-state index contributed by atoms with van der Waals surface area (Å²) < 4.78 is 1.24. The fourth-order valence-electron chi connectivity index (χ4n) is 2.24. The van der Waals surface area contributed by atoms with Crippen LogP contribution in [0.25, 0.3) is 0 Å². The highest BCUT2D eigenvalue weighted by Gasteiger charge is 2.16. The van der Waals surface area contributed by atoms with E-state index in [4.69, 9.17) is 0 Å². The highest BCUT2D eigenvalue weighted by atomic mass is 79.9. The molecule has 0 saturated heterocycles. The van der Waals surface area contributed by atoms with Gasteiger partial charge >= 0.3 is 0 Å². The van der Waals surface area contributed by atoms with E-state index in [-0.39, 0.29) is 0 Å². The van der Waals surface area contributed by atoms with Crippen LogP contribution in [0.15, 0.2) is 28.7 Å². The van der Waals surface area contributed by atoms with Crippen molar-refractivity contribution in [3.05, 3.63) is 34.3 Å². The summed E-state index contributed by atoms with van der Waals surface area (Å²) in [5.41, 5.74) is 1.86. The Morgan fingerprint density at radius 2 is 1.89 bits per heavy atom. The molecule has 0 aliphatic rings. The average Bonchev–Trinajstić information content (AvgIpc) is 2.34. The Labute approximate surface area is 127 Å². The minimum Gasteiger partial charge on any atom is -0.317 e. The van der Waals surface area contributed by atoms with Crippen molar-refractivity contribution in [2.24, 2.45) is 11.3 Å². The van der Waals surface area contributed by atoms with E-state index in [9.17, 15) is 0 Å². The van der Waals surface area contributed by atoms with E-state index in [1.54, 1.807) is 0 Å². The van der Waals surface area contributed by atoms with Crippen molar-refractivity contribution in [3.8, 4) is 0 Å². The minimum absolute atomic E-state index is 0.429. The van der Waals surface area contributed by atoms with Gasteiger partial charge in [0.1, 0.15) is 0 Å². The predicted molar refractivity (Wildman–Crippen MR) is 88.6 cm³/mol. The van der Waals surface area contributed by atoms with Gasteiger partial charge in [0.2, 0.25) is 0 Å². The summed E-state index contributed by atoms with van der Waals surface area (Å²) in [7, 11) is 0. The lowest BCUT2D eigenvalue weighted by molar-refractivity contribution is 0.314. The molecule has 0 amide bonds. The van der Waals surface area contributed by atoms with E-state index in [1.165, 1.54) is 22.9 Å². The Hall–Kier alpha value is -0.340. The lowest BCUT2D eigenvalue weighted by atomic mass is 9.84. The number of nitrogens with one attached hydrogen (secondary N) is 1. The van der Waals surface area contributed by atoms with E-state index >= 15 is 0 Å². The quantitative estimate of drug-likeness (QED) is 0.740. The molecule has 0 spiro atoms. The zero-order valence-corrected chi connectivity index (χ0v) is 14.4. The lowest BCUT2D eigenvalue weighted by Gasteiger charge is -2.24. The second-order valence-corrected chi connectivity index (χ2v) is 7.42. The van der Waals surface area contributed by atoms with E-state index in [0.29, 0.717) is 5.41 Å². The van der Waals surface area contributed by atoms with Gasteiger partial charge in [-0.2, -0.15) is 0 Å². The molecular weight excluding hydrogens is 298 g/mol. The fourth-order valence-corrected chi connectivity index (χ4v) is 2.68. The molecule has 1 rings (SSSR count). The van der Waals surface area contributed by atoms with Gasteiger partial charge in [-0.1, -0.05) is 61.8 Å². The van der Waals surface area contributed by atoms with Crippen LogP contribution in [0.1, 0.15) is 46.1 Å². The number of benzene rings is 1. The normalized spacial score (nSPS) is 13.5. The molecular formula is C17H28BrN. The monoisotopic (exact) mass is 325 g/mol. The van der Waals surface area contributed by atoms with Crippen molar-refractivity contribution >= 4 is 15.9 Å². The number of halogens is 1. The molecule has 1 aromatic carbocycles. The zero-order chi connectivity index (χ0) is 14.3. The molecule has 0 aliphatic carbocycles. The van der Waals surface area contributed by atoms with Crippen LogP contribution in [0.2, 0.25) is 0 Å². The van der Waals surface area contributed by atoms with Gasteiger partial charge in [-0.15, -0.1) is 0 Å². The van der Waals surface area contributed by atoms with Crippen LogP contribution in [0.3, 0.4) is 0 Å². The molecule has 0 saturated carbocycles. The largest absolute Gasteiger partial charge is 0.317 e. The van der Waals surface area contributed by atoms with Crippen LogP contribution in [0.5, 0.6) is 0 Å². The van der Waals surface area contributed by atoms with Gasteiger partial charge < -0.3 is 5.32 Å². The van der Waals surface area contributed by atoms with Gasteiger partial charge in [0.15, 0.2) is 0 Å². The van der Waals surface area contributed by atoms with Crippen LogP contribution in [0.4, 0.5) is 0 Å². The molecule has 0 heterocycles. The Bertz CT molecular complexity index is 368. The van der Waals surface area contributed by atoms with Crippen molar-refractivity contribution in [1.82, 2.24) is 5.32 Å².